The molecule has 0 amide bonds. The Balaban J connectivity index is 2.86. The summed E-state index contributed by atoms with van der Waals surface area (Å²) in [5.74, 6) is 0.187. The molecular formula is C10H14NO5P. The number of benzene rings is 1. The van der Waals surface area contributed by atoms with Crippen molar-refractivity contribution in [2.45, 2.75) is 13.1 Å². The van der Waals surface area contributed by atoms with Crippen molar-refractivity contribution in [2.75, 3.05) is 13.7 Å². The summed E-state index contributed by atoms with van der Waals surface area (Å²) in [6, 6.07) is 4.50. The Bertz CT molecular complexity index is 398. The molecule has 0 heterocycles. The van der Waals surface area contributed by atoms with E-state index in [0.29, 0.717) is 12.8 Å². The Hall–Kier alpha value is -1.23. The molecule has 1 rings (SSSR count). The Morgan fingerprint density at radius 1 is 1.53 bits per heavy atom. The van der Waals surface area contributed by atoms with Gasteiger partial charge in [0.15, 0.2) is 14.1 Å². The van der Waals surface area contributed by atoms with E-state index in [9.17, 15) is 15.0 Å². The molecule has 0 aliphatic heterocycles. The van der Waals surface area contributed by atoms with E-state index in [1.807, 2.05) is 0 Å². The molecule has 94 valence electrons. The fourth-order valence-electron chi connectivity index (χ4n) is 1.32. The van der Waals surface area contributed by atoms with Gasteiger partial charge in [0.25, 0.3) is 0 Å². The topological polar surface area (TPSA) is 81.8 Å². The first-order chi connectivity index (χ1) is 8.08. The van der Waals surface area contributed by atoms with Crippen LogP contribution >= 0.6 is 8.38 Å². The third-order valence-electron chi connectivity index (χ3n) is 2.04. The number of nitro groups is 1. The summed E-state index contributed by atoms with van der Waals surface area (Å²) in [4.78, 5) is 19.7. The molecule has 0 aliphatic carbocycles. The Labute approximate surface area is 100 Å². The van der Waals surface area contributed by atoms with Gasteiger partial charge in [-0.15, -0.1) is 0 Å². The highest BCUT2D eigenvalue weighted by Gasteiger charge is 2.16. The van der Waals surface area contributed by atoms with Crippen LogP contribution in [0.3, 0.4) is 0 Å². The van der Waals surface area contributed by atoms with Gasteiger partial charge < -0.3 is 14.2 Å². The van der Waals surface area contributed by atoms with Gasteiger partial charge in [0.2, 0.25) is 0 Å². The first kappa shape index (κ1) is 13.8. The number of methoxy groups -OCH3 is 1. The molecule has 1 aromatic rings. The lowest BCUT2D eigenvalue weighted by Gasteiger charge is -2.10. The van der Waals surface area contributed by atoms with Crippen molar-refractivity contribution in [3.05, 3.63) is 33.9 Å². The standard InChI is InChI=1S/C10H14NO5P/c1-3-16-17(14)7-8-4-5-9(11(12)13)10(6-8)15-2/h4-6,14H,3,7H2,1-2H3. The molecule has 1 atom stereocenters. The highest BCUT2D eigenvalue weighted by molar-refractivity contribution is 7.45. The van der Waals surface area contributed by atoms with Gasteiger partial charge >= 0.3 is 5.69 Å². The molecule has 0 fully saturated rings. The summed E-state index contributed by atoms with van der Waals surface area (Å²) in [5, 5.41) is 10.7. The van der Waals surface area contributed by atoms with Gasteiger partial charge in [-0.1, -0.05) is 6.07 Å². The first-order valence-electron chi connectivity index (χ1n) is 4.99. The summed E-state index contributed by atoms with van der Waals surface area (Å²) in [5.41, 5.74) is 0.657. The lowest BCUT2D eigenvalue weighted by Crippen LogP contribution is -1.95. The largest absolute Gasteiger partial charge is 0.490 e. The Morgan fingerprint density at radius 2 is 2.24 bits per heavy atom. The van der Waals surface area contributed by atoms with Crippen molar-refractivity contribution in [1.29, 1.82) is 0 Å². The van der Waals surface area contributed by atoms with Crippen molar-refractivity contribution in [1.82, 2.24) is 0 Å². The molecule has 6 nitrogen and oxygen atoms in total. The number of rotatable bonds is 6. The minimum absolute atomic E-state index is 0.0880. The average Bonchev–Trinajstić information content (AvgIpc) is 2.28. The molecule has 1 unspecified atom stereocenters. The maximum Gasteiger partial charge on any atom is 0.310 e. The van der Waals surface area contributed by atoms with E-state index in [4.69, 9.17) is 9.26 Å². The SMILES string of the molecule is CCOP(O)Cc1ccc([N+](=O)[O-])c(OC)c1. The van der Waals surface area contributed by atoms with Crippen LogP contribution in [0.4, 0.5) is 5.69 Å². The summed E-state index contributed by atoms with van der Waals surface area (Å²) in [7, 11) is -0.153. The second-order valence-electron chi connectivity index (χ2n) is 3.19. The quantitative estimate of drug-likeness (QED) is 0.482. The third-order valence-corrected chi connectivity index (χ3v) is 3.23. The van der Waals surface area contributed by atoms with Crippen LogP contribution in [-0.2, 0) is 10.7 Å². The monoisotopic (exact) mass is 259 g/mol. The lowest BCUT2D eigenvalue weighted by molar-refractivity contribution is -0.385. The Morgan fingerprint density at radius 3 is 2.76 bits per heavy atom. The average molecular weight is 259 g/mol. The van der Waals surface area contributed by atoms with Crippen molar-refractivity contribution in [3.8, 4) is 5.75 Å². The summed E-state index contributed by atoms with van der Waals surface area (Å²) < 4.78 is 9.97. The van der Waals surface area contributed by atoms with Crippen LogP contribution in [0.5, 0.6) is 5.75 Å². The van der Waals surface area contributed by atoms with Gasteiger partial charge in [-0.25, -0.2) is 0 Å². The number of nitrogens with zero attached hydrogens (tertiary/aromatic N) is 1. The normalized spacial score (nSPS) is 12.2. The number of ether oxygens (including phenoxy) is 1. The molecule has 0 saturated heterocycles. The van der Waals surface area contributed by atoms with Crippen molar-refractivity contribution >= 4 is 14.1 Å². The van der Waals surface area contributed by atoms with Crippen LogP contribution in [-0.4, -0.2) is 23.5 Å². The molecule has 1 N–H and O–H groups in total. The molecule has 0 aliphatic rings. The van der Waals surface area contributed by atoms with Crippen LogP contribution < -0.4 is 4.74 Å². The maximum absolute atomic E-state index is 10.7. The smallest absolute Gasteiger partial charge is 0.310 e. The molecule has 0 saturated carbocycles. The second-order valence-corrected chi connectivity index (χ2v) is 4.47. The molecule has 7 heteroatoms. The second kappa shape index (κ2) is 6.49. The van der Waals surface area contributed by atoms with E-state index in [1.165, 1.54) is 13.2 Å². The molecule has 0 radical (unpaired) electrons. The van der Waals surface area contributed by atoms with E-state index >= 15 is 0 Å². The molecule has 0 aromatic heterocycles. The summed E-state index contributed by atoms with van der Waals surface area (Å²) in [6.07, 6.45) is 0.331. The van der Waals surface area contributed by atoms with Crippen LogP contribution in [0, 0.1) is 10.1 Å². The number of nitro benzene ring substituents is 1. The zero-order valence-electron chi connectivity index (χ0n) is 9.62. The minimum Gasteiger partial charge on any atom is -0.490 e. The van der Waals surface area contributed by atoms with Crippen LogP contribution in [0.15, 0.2) is 18.2 Å². The van der Waals surface area contributed by atoms with Gasteiger partial charge in [0, 0.05) is 12.2 Å². The van der Waals surface area contributed by atoms with Crippen molar-refractivity contribution in [2.24, 2.45) is 0 Å². The molecular weight excluding hydrogens is 245 g/mol. The summed E-state index contributed by atoms with van der Waals surface area (Å²) in [6.45, 7) is 2.23. The molecule has 0 bridgehead atoms. The van der Waals surface area contributed by atoms with Crippen LogP contribution in [0.1, 0.15) is 12.5 Å². The first-order valence-corrected chi connectivity index (χ1v) is 6.38. The molecule has 0 spiro atoms. The minimum atomic E-state index is -1.52. The fourth-order valence-corrected chi connectivity index (χ4v) is 2.22. The predicted molar refractivity (Wildman–Crippen MR) is 64.1 cm³/mol. The van der Waals surface area contributed by atoms with Gasteiger partial charge in [0.05, 0.1) is 18.6 Å². The van der Waals surface area contributed by atoms with E-state index in [1.54, 1.807) is 19.1 Å². The third kappa shape index (κ3) is 3.93. The highest BCUT2D eigenvalue weighted by atomic mass is 31.2. The van der Waals surface area contributed by atoms with Crippen LogP contribution in [0.25, 0.3) is 0 Å². The van der Waals surface area contributed by atoms with Gasteiger partial charge in [-0.2, -0.15) is 0 Å². The molecule has 1 aromatic carbocycles. The predicted octanol–water partition coefficient (Wildman–Crippen LogP) is 2.44. The zero-order valence-corrected chi connectivity index (χ0v) is 10.5. The lowest BCUT2D eigenvalue weighted by atomic mass is 10.2. The summed E-state index contributed by atoms with van der Waals surface area (Å²) >= 11 is 0. The number of hydrogen-bond donors (Lipinski definition) is 1. The van der Waals surface area contributed by atoms with E-state index in [0.717, 1.165) is 5.56 Å². The van der Waals surface area contributed by atoms with Gasteiger partial charge in [-0.3, -0.25) is 10.1 Å². The van der Waals surface area contributed by atoms with E-state index < -0.39 is 13.3 Å². The fraction of sp³-hybridized carbons (Fsp3) is 0.400. The van der Waals surface area contributed by atoms with Crippen molar-refractivity contribution < 1.29 is 19.1 Å². The number of hydrogen-bond acceptors (Lipinski definition) is 5. The van der Waals surface area contributed by atoms with Gasteiger partial charge in [-0.05, 0) is 18.6 Å². The Kier molecular flexibility index (Phi) is 5.28. The van der Waals surface area contributed by atoms with Crippen molar-refractivity contribution in [3.63, 3.8) is 0 Å². The van der Waals surface area contributed by atoms with Crippen LogP contribution in [0.2, 0.25) is 0 Å². The van der Waals surface area contributed by atoms with Gasteiger partial charge in [0.1, 0.15) is 0 Å². The van der Waals surface area contributed by atoms with E-state index in [-0.39, 0.29) is 11.4 Å². The zero-order chi connectivity index (χ0) is 12.8. The maximum atomic E-state index is 10.7. The highest BCUT2D eigenvalue weighted by Crippen LogP contribution is 2.38. The molecule has 17 heavy (non-hydrogen) atoms. The van der Waals surface area contributed by atoms with E-state index in [2.05, 4.69) is 0 Å².